The van der Waals surface area contributed by atoms with Crippen molar-refractivity contribution in [1.29, 1.82) is 0 Å². The molecule has 0 amide bonds. The van der Waals surface area contributed by atoms with Crippen LogP contribution in [0.25, 0.3) is 0 Å². The summed E-state index contributed by atoms with van der Waals surface area (Å²) in [6.45, 7) is 6.45. The summed E-state index contributed by atoms with van der Waals surface area (Å²) in [7, 11) is 0. The molecule has 1 N–H and O–H groups in total. The molecule has 3 nitrogen and oxygen atoms in total. The van der Waals surface area contributed by atoms with Crippen molar-refractivity contribution in [3.8, 4) is 0 Å². The minimum Gasteiger partial charge on any atom is -0.357 e. The second-order valence-electron chi connectivity index (χ2n) is 1.98. The fraction of sp³-hybridized carbons (Fsp3) is 0.429. The molecule has 1 aromatic heterocycles. The van der Waals surface area contributed by atoms with Gasteiger partial charge in [0.05, 0.1) is 0 Å². The van der Waals surface area contributed by atoms with Gasteiger partial charge in [-0.2, -0.15) is 0 Å². The first-order valence-corrected chi connectivity index (χ1v) is 5.48. The monoisotopic (exact) mass is 201 g/mol. The molecule has 12 heavy (non-hydrogen) atoms. The summed E-state index contributed by atoms with van der Waals surface area (Å²) < 4.78 is 1.02. The highest BCUT2D eigenvalue weighted by atomic mass is 32.2. The van der Waals surface area contributed by atoms with Crippen LogP contribution < -0.4 is 5.32 Å². The van der Waals surface area contributed by atoms with E-state index in [0.717, 1.165) is 21.8 Å². The van der Waals surface area contributed by atoms with Crippen molar-refractivity contribution in [1.82, 2.24) is 10.2 Å². The van der Waals surface area contributed by atoms with Crippen LogP contribution in [-0.2, 0) is 0 Å². The number of thioether (sulfide) groups is 1. The van der Waals surface area contributed by atoms with E-state index in [-0.39, 0.29) is 0 Å². The van der Waals surface area contributed by atoms with Crippen LogP contribution in [0.4, 0.5) is 5.13 Å². The van der Waals surface area contributed by atoms with Crippen molar-refractivity contribution >= 4 is 28.2 Å². The highest BCUT2D eigenvalue weighted by Crippen LogP contribution is 2.24. The first-order valence-electron chi connectivity index (χ1n) is 3.68. The van der Waals surface area contributed by atoms with Gasteiger partial charge in [0.25, 0.3) is 0 Å². The number of hydrogen-bond donors (Lipinski definition) is 1. The third kappa shape index (κ3) is 2.83. The average Bonchev–Trinajstić information content (AvgIpc) is 2.50. The molecule has 0 aliphatic rings. The molecule has 0 aromatic carbocycles. The zero-order valence-corrected chi connectivity index (χ0v) is 8.54. The Balaban J connectivity index is 2.46. The smallest absolute Gasteiger partial charge is 0.206 e. The Hall–Kier alpha value is -0.550. The van der Waals surface area contributed by atoms with E-state index in [1.807, 2.05) is 0 Å². The molecule has 0 saturated heterocycles. The summed E-state index contributed by atoms with van der Waals surface area (Å²) in [6.07, 6.45) is 1.80. The standard InChI is InChI=1S/C7H11N3S2/c1-3-5-8-6-9-10-7(12-6)11-4-2/h3H,1,4-5H2,2H3,(H,8,9). The number of hydrogen-bond acceptors (Lipinski definition) is 5. The van der Waals surface area contributed by atoms with E-state index in [1.54, 1.807) is 29.2 Å². The molecule has 0 radical (unpaired) electrons. The molecule has 0 bridgehead atoms. The Morgan fingerprint density at radius 3 is 3.17 bits per heavy atom. The third-order valence-corrected chi connectivity index (χ3v) is 2.97. The third-order valence-electron chi connectivity index (χ3n) is 1.07. The predicted octanol–water partition coefficient (Wildman–Crippen LogP) is 2.25. The number of rotatable bonds is 5. The molecule has 0 spiro atoms. The molecular weight excluding hydrogens is 190 g/mol. The average molecular weight is 201 g/mol. The van der Waals surface area contributed by atoms with Gasteiger partial charge in [0.15, 0.2) is 4.34 Å². The largest absolute Gasteiger partial charge is 0.357 e. The van der Waals surface area contributed by atoms with Gasteiger partial charge in [-0.3, -0.25) is 0 Å². The molecule has 0 unspecified atom stereocenters. The van der Waals surface area contributed by atoms with Crippen molar-refractivity contribution < 1.29 is 0 Å². The molecule has 0 aliphatic heterocycles. The Bertz CT molecular complexity index is 247. The Morgan fingerprint density at radius 2 is 2.50 bits per heavy atom. The lowest BCUT2D eigenvalue weighted by Gasteiger charge is -1.92. The van der Waals surface area contributed by atoms with Crippen molar-refractivity contribution in [2.45, 2.75) is 11.3 Å². The maximum Gasteiger partial charge on any atom is 0.206 e. The molecule has 0 saturated carbocycles. The summed E-state index contributed by atoms with van der Waals surface area (Å²) in [5.74, 6) is 1.04. The quantitative estimate of drug-likeness (QED) is 0.585. The zero-order chi connectivity index (χ0) is 8.81. The number of nitrogens with one attached hydrogen (secondary N) is 1. The summed E-state index contributed by atoms with van der Waals surface area (Å²) in [4.78, 5) is 0. The minimum atomic E-state index is 0.741. The minimum absolute atomic E-state index is 0.741. The predicted molar refractivity (Wildman–Crippen MR) is 55.0 cm³/mol. The van der Waals surface area contributed by atoms with Crippen molar-refractivity contribution in [2.24, 2.45) is 0 Å². The van der Waals surface area contributed by atoms with Crippen LogP contribution in [0, 0.1) is 0 Å². The van der Waals surface area contributed by atoms with Crippen LogP contribution in [-0.4, -0.2) is 22.5 Å². The fourth-order valence-corrected chi connectivity index (χ4v) is 2.28. The Morgan fingerprint density at radius 1 is 1.67 bits per heavy atom. The lowest BCUT2D eigenvalue weighted by Crippen LogP contribution is -1.96. The van der Waals surface area contributed by atoms with Crippen LogP contribution in [0.5, 0.6) is 0 Å². The summed E-state index contributed by atoms with van der Waals surface area (Å²) in [5.41, 5.74) is 0. The van der Waals surface area contributed by atoms with E-state index in [4.69, 9.17) is 0 Å². The SMILES string of the molecule is C=CCNc1nnc(SCC)s1. The Kier molecular flexibility index (Phi) is 4.10. The molecule has 1 heterocycles. The normalized spacial score (nSPS) is 9.75. The highest BCUT2D eigenvalue weighted by molar-refractivity contribution is 8.01. The lowest BCUT2D eigenvalue weighted by atomic mass is 10.6. The van der Waals surface area contributed by atoms with E-state index in [0.29, 0.717) is 0 Å². The van der Waals surface area contributed by atoms with Gasteiger partial charge in [0.2, 0.25) is 5.13 Å². The van der Waals surface area contributed by atoms with Gasteiger partial charge in [-0.25, -0.2) is 0 Å². The van der Waals surface area contributed by atoms with Crippen molar-refractivity contribution in [2.75, 3.05) is 17.6 Å². The first kappa shape index (κ1) is 9.54. The van der Waals surface area contributed by atoms with Gasteiger partial charge in [0, 0.05) is 6.54 Å². The van der Waals surface area contributed by atoms with E-state index in [1.165, 1.54) is 0 Å². The summed E-state index contributed by atoms with van der Waals surface area (Å²) >= 11 is 3.29. The van der Waals surface area contributed by atoms with Gasteiger partial charge in [-0.15, -0.1) is 16.8 Å². The van der Waals surface area contributed by atoms with E-state index < -0.39 is 0 Å². The van der Waals surface area contributed by atoms with Crippen LogP contribution in [0.1, 0.15) is 6.92 Å². The molecule has 5 heteroatoms. The van der Waals surface area contributed by atoms with E-state index >= 15 is 0 Å². The fourth-order valence-electron chi connectivity index (χ4n) is 0.622. The summed E-state index contributed by atoms with van der Waals surface area (Å²) in [6, 6.07) is 0. The molecule has 66 valence electrons. The molecule has 0 atom stereocenters. The molecule has 1 rings (SSSR count). The molecule has 0 aliphatic carbocycles. The second-order valence-corrected chi connectivity index (χ2v) is 4.46. The van der Waals surface area contributed by atoms with Crippen LogP contribution >= 0.6 is 23.1 Å². The van der Waals surface area contributed by atoms with Crippen molar-refractivity contribution in [3.63, 3.8) is 0 Å². The number of anilines is 1. The van der Waals surface area contributed by atoms with Crippen LogP contribution in [0.15, 0.2) is 17.0 Å². The van der Waals surface area contributed by atoms with Gasteiger partial charge < -0.3 is 5.32 Å². The van der Waals surface area contributed by atoms with E-state index in [2.05, 4.69) is 29.0 Å². The summed E-state index contributed by atoms with van der Waals surface area (Å²) in [5, 5.41) is 11.9. The molecule has 1 aromatic rings. The van der Waals surface area contributed by atoms with Gasteiger partial charge in [-0.1, -0.05) is 36.1 Å². The zero-order valence-electron chi connectivity index (χ0n) is 6.91. The van der Waals surface area contributed by atoms with Gasteiger partial charge in [-0.05, 0) is 5.75 Å². The first-order chi connectivity index (χ1) is 5.86. The van der Waals surface area contributed by atoms with Gasteiger partial charge in [0.1, 0.15) is 0 Å². The van der Waals surface area contributed by atoms with Gasteiger partial charge >= 0.3 is 0 Å². The lowest BCUT2D eigenvalue weighted by molar-refractivity contribution is 1.01. The molecule has 0 fully saturated rings. The maximum absolute atomic E-state index is 3.99. The highest BCUT2D eigenvalue weighted by Gasteiger charge is 2.01. The van der Waals surface area contributed by atoms with Crippen molar-refractivity contribution in [3.05, 3.63) is 12.7 Å². The van der Waals surface area contributed by atoms with E-state index in [9.17, 15) is 0 Å². The topological polar surface area (TPSA) is 37.8 Å². The van der Waals surface area contributed by atoms with Crippen LogP contribution in [0.3, 0.4) is 0 Å². The number of aromatic nitrogens is 2. The number of nitrogens with zero attached hydrogens (tertiary/aromatic N) is 2. The molecular formula is C7H11N3S2. The maximum atomic E-state index is 3.99. The van der Waals surface area contributed by atoms with Crippen LogP contribution in [0.2, 0.25) is 0 Å². The Labute approximate surface area is 80.3 Å². The second kappa shape index (κ2) is 5.16.